The van der Waals surface area contributed by atoms with E-state index in [2.05, 4.69) is 15.5 Å². The van der Waals surface area contributed by atoms with Gasteiger partial charge in [-0.2, -0.15) is 5.10 Å². The molecule has 2 aromatic rings. The summed E-state index contributed by atoms with van der Waals surface area (Å²) in [6.07, 6.45) is 4.43. The summed E-state index contributed by atoms with van der Waals surface area (Å²) >= 11 is 11.9. The van der Waals surface area contributed by atoms with E-state index in [4.69, 9.17) is 23.2 Å². The van der Waals surface area contributed by atoms with Crippen LogP contribution in [-0.2, 0) is 12.8 Å². The van der Waals surface area contributed by atoms with Crippen LogP contribution in [0, 0.1) is 0 Å². The molecule has 1 amide bonds. The summed E-state index contributed by atoms with van der Waals surface area (Å²) in [6, 6.07) is 4.97. The molecule has 1 aromatic heterocycles. The number of hydrogen-bond donors (Lipinski definition) is 2. The first-order valence-electron chi connectivity index (χ1n) is 6.40. The molecule has 4 nitrogen and oxygen atoms in total. The van der Waals surface area contributed by atoms with Gasteiger partial charge in [0, 0.05) is 23.2 Å². The molecule has 0 saturated carbocycles. The van der Waals surface area contributed by atoms with Gasteiger partial charge in [-0.3, -0.25) is 9.89 Å². The molecule has 0 aliphatic heterocycles. The van der Waals surface area contributed by atoms with Crippen molar-refractivity contribution >= 4 is 29.1 Å². The van der Waals surface area contributed by atoms with Crippen LogP contribution in [0.15, 0.2) is 24.4 Å². The predicted octanol–water partition coefficient (Wildman–Crippen LogP) is 3.00. The van der Waals surface area contributed by atoms with Gasteiger partial charge in [0.1, 0.15) is 0 Å². The average molecular weight is 310 g/mol. The van der Waals surface area contributed by atoms with Crippen LogP contribution in [0.3, 0.4) is 0 Å². The van der Waals surface area contributed by atoms with E-state index in [-0.39, 0.29) is 11.9 Å². The minimum absolute atomic E-state index is 0.0884. The number of H-pyrrole nitrogens is 1. The van der Waals surface area contributed by atoms with Crippen molar-refractivity contribution in [2.45, 2.75) is 25.3 Å². The maximum Gasteiger partial charge on any atom is 0.253 e. The maximum atomic E-state index is 12.3. The normalized spacial score (nSPS) is 17.6. The maximum absolute atomic E-state index is 12.3. The number of aromatic nitrogens is 2. The lowest BCUT2D eigenvalue weighted by Gasteiger charge is -2.23. The first-order chi connectivity index (χ1) is 9.63. The summed E-state index contributed by atoms with van der Waals surface area (Å²) in [7, 11) is 0. The van der Waals surface area contributed by atoms with Gasteiger partial charge in [-0.05, 0) is 36.6 Å². The van der Waals surface area contributed by atoms with Crippen LogP contribution in [0.5, 0.6) is 0 Å². The van der Waals surface area contributed by atoms with Crippen molar-refractivity contribution in [3.05, 3.63) is 51.3 Å². The van der Waals surface area contributed by atoms with Crippen LogP contribution in [-0.4, -0.2) is 22.1 Å². The van der Waals surface area contributed by atoms with Crippen LogP contribution in [0.1, 0.15) is 28.0 Å². The molecule has 1 aromatic carbocycles. The highest BCUT2D eigenvalue weighted by Gasteiger charge is 2.22. The highest BCUT2D eigenvalue weighted by atomic mass is 35.5. The fourth-order valence-corrected chi connectivity index (χ4v) is 2.84. The van der Waals surface area contributed by atoms with Crippen molar-refractivity contribution in [2.75, 3.05) is 0 Å². The molecule has 1 heterocycles. The monoisotopic (exact) mass is 309 g/mol. The topological polar surface area (TPSA) is 57.8 Å². The lowest BCUT2D eigenvalue weighted by Crippen LogP contribution is -2.38. The molecule has 0 fully saturated rings. The molecular formula is C14H13Cl2N3O. The van der Waals surface area contributed by atoms with Crippen LogP contribution in [0.2, 0.25) is 10.0 Å². The Morgan fingerprint density at radius 1 is 1.40 bits per heavy atom. The molecular weight excluding hydrogens is 297 g/mol. The van der Waals surface area contributed by atoms with E-state index in [1.807, 2.05) is 6.20 Å². The summed E-state index contributed by atoms with van der Waals surface area (Å²) in [5, 5.41) is 10.9. The molecule has 20 heavy (non-hydrogen) atoms. The van der Waals surface area contributed by atoms with E-state index in [0.717, 1.165) is 25.0 Å². The Morgan fingerprint density at radius 3 is 3.10 bits per heavy atom. The van der Waals surface area contributed by atoms with Gasteiger partial charge in [-0.25, -0.2) is 0 Å². The van der Waals surface area contributed by atoms with Crippen molar-refractivity contribution in [3.8, 4) is 0 Å². The van der Waals surface area contributed by atoms with E-state index in [9.17, 15) is 4.79 Å². The van der Waals surface area contributed by atoms with E-state index >= 15 is 0 Å². The minimum Gasteiger partial charge on any atom is -0.349 e. The van der Waals surface area contributed by atoms with E-state index in [1.54, 1.807) is 18.2 Å². The van der Waals surface area contributed by atoms with Crippen LogP contribution in [0.25, 0.3) is 0 Å². The minimum atomic E-state index is -0.189. The second-order valence-electron chi connectivity index (χ2n) is 4.91. The fraction of sp³-hybridized carbons (Fsp3) is 0.286. The number of aryl methyl sites for hydroxylation is 1. The summed E-state index contributed by atoms with van der Waals surface area (Å²) < 4.78 is 0. The molecule has 3 rings (SSSR count). The molecule has 1 aliphatic carbocycles. The van der Waals surface area contributed by atoms with E-state index in [1.165, 1.54) is 5.56 Å². The zero-order chi connectivity index (χ0) is 14.1. The standard InChI is InChI=1S/C14H13Cl2N3O/c15-9-2-4-12(16)11(5-9)14(20)18-10-3-1-8-7-17-19-13(8)6-10/h2,4-5,7,10H,1,3,6H2,(H,17,19)(H,18,20). The first kappa shape index (κ1) is 13.5. The number of aromatic amines is 1. The van der Waals surface area contributed by atoms with Crippen molar-refractivity contribution in [1.82, 2.24) is 15.5 Å². The number of carbonyl (C=O) groups is 1. The summed E-state index contributed by atoms with van der Waals surface area (Å²) in [4.78, 5) is 12.3. The number of halogens is 2. The predicted molar refractivity (Wildman–Crippen MR) is 78.3 cm³/mol. The van der Waals surface area contributed by atoms with Gasteiger partial charge in [0.25, 0.3) is 5.91 Å². The number of fused-ring (bicyclic) bond motifs is 1. The number of rotatable bonds is 2. The van der Waals surface area contributed by atoms with Gasteiger partial charge >= 0.3 is 0 Å². The molecule has 6 heteroatoms. The van der Waals surface area contributed by atoms with Crippen LogP contribution in [0.4, 0.5) is 0 Å². The first-order valence-corrected chi connectivity index (χ1v) is 7.16. The Bertz CT molecular complexity index is 654. The van der Waals surface area contributed by atoms with Gasteiger partial charge < -0.3 is 5.32 Å². The second-order valence-corrected chi connectivity index (χ2v) is 5.75. The molecule has 1 atom stereocenters. The van der Waals surface area contributed by atoms with Crippen molar-refractivity contribution in [2.24, 2.45) is 0 Å². The largest absolute Gasteiger partial charge is 0.349 e. The van der Waals surface area contributed by atoms with E-state index in [0.29, 0.717) is 15.6 Å². The Kier molecular flexibility index (Phi) is 3.68. The summed E-state index contributed by atoms with van der Waals surface area (Å²) in [5.41, 5.74) is 2.74. The van der Waals surface area contributed by atoms with Gasteiger partial charge in [-0.1, -0.05) is 23.2 Å². The zero-order valence-electron chi connectivity index (χ0n) is 10.6. The number of hydrogen-bond acceptors (Lipinski definition) is 2. The third-order valence-electron chi connectivity index (χ3n) is 3.53. The number of carbonyl (C=O) groups excluding carboxylic acids is 1. The third kappa shape index (κ3) is 2.67. The molecule has 104 valence electrons. The molecule has 0 saturated heterocycles. The number of amides is 1. The quantitative estimate of drug-likeness (QED) is 0.896. The fourth-order valence-electron chi connectivity index (χ4n) is 2.47. The Morgan fingerprint density at radius 2 is 2.25 bits per heavy atom. The SMILES string of the molecule is O=C(NC1CCc2cn[nH]c2C1)c1cc(Cl)ccc1Cl. The van der Waals surface area contributed by atoms with E-state index < -0.39 is 0 Å². The van der Waals surface area contributed by atoms with Gasteiger partial charge in [0.2, 0.25) is 0 Å². The number of nitrogens with zero attached hydrogens (tertiary/aromatic N) is 1. The Balaban J connectivity index is 1.72. The lowest BCUT2D eigenvalue weighted by atomic mass is 9.93. The van der Waals surface area contributed by atoms with Crippen LogP contribution < -0.4 is 5.32 Å². The summed E-state index contributed by atoms with van der Waals surface area (Å²) in [5.74, 6) is -0.189. The van der Waals surface area contributed by atoms with Crippen molar-refractivity contribution in [3.63, 3.8) is 0 Å². The van der Waals surface area contributed by atoms with Gasteiger partial charge in [0.05, 0.1) is 16.8 Å². The molecule has 2 N–H and O–H groups in total. The lowest BCUT2D eigenvalue weighted by molar-refractivity contribution is 0.0933. The number of nitrogens with one attached hydrogen (secondary N) is 2. The Labute approximate surface area is 126 Å². The second kappa shape index (κ2) is 5.46. The summed E-state index contributed by atoms with van der Waals surface area (Å²) in [6.45, 7) is 0. The number of benzene rings is 1. The third-order valence-corrected chi connectivity index (χ3v) is 4.09. The molecule has 0 bridgehead atoms. The smallest absolute Gasteiger partial charge is 0.253 e. The highest BCUT2D eigenvalue weighted by Crippen LogP contribution is 2.22. The Hall–Kier alpha value is -1.52. The molecule has 0 radical (unpaired) electrons. The van der Waals surface area contributed by atoms with Crippen molar-refractivity contribution in [1.29, 1.82) is 0 Å². The van der Waals surface area contributed by atoms with Gasteiger partial charge in [-0.15, -0.1) is 0 Å². The van der Waals surface area contributed by atoms with Gasteiger partial charge in [0.15, 0.2) is 0 Å². The highest BCUT2D eigenvalue weighted by molar-refractivity contribution is 6.35. The molecule has 0 spiro atoms. The molecule has 1 unspecified atom stereocenters. The zero-order valence-corrected chi connectivity index (χ0v) is 12.1. The van der Waals surface area contributed by atoms with Crippen molar-refractivity contribution < 1.29 is 4.79 Å². The molecule has 1 aliphatic rings. The van der Waals surface area contributed by atoms with Crippen LogP contribution >= 0.6 is 23.2 Å². The average Bonchev–Trinajstić information content (AvgIpc) is 2.89.